The molecule has 0 aromatic heterocycles. The van der Waals surface area contributed by atoms with Crippen LogP contribution in [0.1, 0.15) is 0 Å². The van der Waals surface area contributed by atoms with E-state index < -0.39 is 0 Å². The maximum atomic E-state index is 11.0. The van der Waals surface area contributed by atoms with Crippen molar-refractivity contribution in [1.29, 1.82) is 0 Å². The molecular formula is C12H19N3O3. The fourth-order valence-electron chi connectivity index (χ4n) is 1.56. The van der Waals surface area contributed by atoms with Crippen LogP contribution in [0.25, 0.3) is 0 Å². The monoisotopic (exact) mass is 253 g/mol. The summed E-state index contributed by atoms with van der Waals surface area (Å²) >= 11 is 0. The minimum absolute atomic E-state index is 0.0945. The van der Waals surface area contributed by atoms with Gasteiger partial charge in [-0.15, -0.1) is 0 Å². The number of hydrogen-bond donors (Lipinski definition) is 0. The molecule has 0 amide bonds. The van der Waals surface area contributed by atoms with Crippen molar-refractivity contribution in [2.75, 3.05) is 46.2 Å². The molecule has 0 bridgehead atoms. The molecule has 0 saturated carbocycles. The van der Waals surface area contributed by atoms with Gasteiger partial charge in [0.05, 0.1) is 12.0 Å². The van der Waals surface area contributed by atoms with Crippen LogP contribution >= 0.6 is 0 Å². The second-order valence-electron chi connectivity index (χ2n) is 4.34. The largest absolute Gasteiger partial charge is 0.497 e. The smallest absolute Gasteiger partial charge is 0.292 e. The zero-order valence-electron chi connectivity index (χ0n) is 11.2. The average Bonchev–Trinajstić information content (AvgIpc) is 2.34. The Hall–Kier alpha value is -1.82. The van der Waals surface area contributed by atoms with Crippen molar-refractivity contribution in [3.8, 4) is 5.75 Å². The highest BCUT2D eigenvalue weighted by Gasteiger charge is 2.17. The van der Waals surface area contributed by atoms with Crippen molar-refractivity contribution in [2.24, 2.45) is 0 Å². The number of benzene rings is 1. The van der Waals surface area contributed by atoms with E-state index in [0.29, 0.717) is 18.0 Å². The van der Waals surface area contributed by atoms with Crippen molar-refractivity contribution in [2.45, 2.75) is 0 Å². The number of hydrogen-bond acceptors (Lipinski definition) is 5. The highest BCUT2D eigenvalue weighted by molar-refractivity contribution is 5.65. The molecule has 0 spiro atoms. The van der Waals surface area contributed by atoms with Crippen LogP contribution < -0.4 is 9.64 Å². The standard InChI is InChI=1S/C12H19N3O3/c1-13(2)7-8-14(3)12-9-10(18-4)5-6-11(12)15(16)17/h5-6,9H,7-8H2,1-4H3. The Bertz CT molecular complexity index is 421. The summed E-state index contributed by atoms with van der Waals surface area (Å²) in [4.78, 5) is 14.5. The van der Waals surface area contributed by atoms with E-state index in [1.165, 1.54) is 6.07 Å². The van der Waals surface area contributed by atoms with Gasteiger partial charge in [-0.05, 0) is 20.2 Å². The summed E-state index contributed by atoms with van der Waals surface area (Å²) in [6.07, 6.45) is 0. The van der Waals surface area contributed by atoms with E-state index in [2.05, 4.69) is 0 Å². The first-order valence-electron chi connectivity index (χ1n) is 5.64. The van der Waals surface area contributed by atoms with Crippen molar-refractivity contribution in [3.05, 3.63) is 28.3 Å². The predicted molar refractivity (Wildman–Crippen MR) is 71.5 cm³/mol. The van der Waals surface area contributed by atoms with Crippen LogP contribution in [0.15, 0.2) is 18.2 Å². The van der Waals surface area contributed by atoms with Crippen LogP contribution in [0.5, 0.6) is 5.75 Å². The van der Waals surface area contributed by atoms with Crippen LogP contribution in [0.2, 0.25) is 0 Å². The number of rotatable bonds is 6. The summed E-state index contributed by atoms with van der Waals surface area (Å²) in [7, 11) is 7.32. The molecule has 0 radical (unpaired) electrons. The van der Waals surface area contributed by atoms with E-state index in [1.54, 1.807) is 19.2 Å². The predicted octanol–water partition coefficient (Wildman–Crippen LogP) is 1.60. The maximum absolute atomic E-state index is 11.0. The second-order valence-corrected chi connectivity index (χ2v) is 4.34. The fourth-order valence-corrected chi connectivity index (χ4v) is 1.56. The average molecular weight is 253 g/mol. The van der Waals surface area contributed by atoms with Gasteiger partial charge in [-0.3, -0.25) is 10.1 Å². The SMILES string of the molecule is COc1ccc([N+](=O)[O-])c(N(C)CCN(C)C)c1. The number of methoxy groups -OCH3 is 1. The van der Waals surface area contributed by atoms with Gasteiger partial charge in [0.2, 0.25) is 0 Å². The fraction of sp³-hybridized carbons (Fsp3) is 0.500. The molecule has 0 saturated heterocycles. The highest BCUT2D eigenvalue weighted by Crippen LogP contribution is 2.31. The third-order valence-electron chi connectivity index (χ3n) is 2.67. The number of nitro groups is 1. The number of likely N-dealkylation sites (N-methyl/N-ethyl adjacent to an activating group) is 2. The van der Waals surface area contributed by atoms with Gasteiger partial charge >= 0.3 is 0 Å². The lowest BCUT2D eigenvalue weighted by Crippen LogP contribution is -2.28. The van der Waals surface area contributed by atoms with Gasteiger partial charge in [-0.2, -0.15) is 0 Å². The van der Waals surface area contributed by atoms with Gasteiger partial charge in [0.15, 0.2) is 0 Å². The molecule has 0 unspecified atom stereocenters. The lowest BCUT2D eigenvalue weighted by Gasteiger charge is -2.21. The molecule has 0 aliphatic rings. The molecule has 0 N–H and O–H groups in total. The van der Waals surface area contributed by atoms with Crippen molar-refractivity contribution in [1.82, 2.24) is 4.90 Å². The molecule has 1 rings (SSSR count). The van der Waals surface area contributed by atoms with Crippen LogP contribution in [-0.2, 0) is 0 Å². The quantitative estimate of drug-likeness (QED) is 0.569. The lowest BCUT2D eigenvalue weighted by molar-refractivity contribution is -0.384. The summed E-state index contributed by atoms with van der Waals surface area (Å²) in [5, 5.41) is 11.0. The molecule has 0 aliphatic carbocycles. The molecule has 18 heavy (non-hydrogen) atoms. The molecule has 1 aromatic rings. The summed E-state index contributed by atoms with van der Waals surface area (Å²) < 4.78 is 5.11. The first-order chi connectivity index (χ1) is 8.45. The van der Waals surface area contributed by atoms with Crippen LogP contribution in [0, 0.1) is 10.1 Å². The second kappa shape index (κ2) is 6.20. The van der Waals surface area contributed by atoms with Crippen molar-refractivity contribution >= 4 is 11.4 Å². The Morgan fingerprint density at radius 2 is 1.94 bits per heavy atom. The van der Waals surface area contributed by atoms with Crippen LogP contribution in [0.3, 0.4) is 0 Å². The molecule has 0 fully saturated rings. The molecule has 6 heteroatoms. The van der Waals surface area contributed by atoms with Gasteiger partial charge in [0, 0.05) is 32.3 Å². The molecule has 100 valence electrons. The summed E-state index contributed by atoms with van der Waals surface area (Å²) in [5.41, 5.74) is 0.665. The van der Waals surface area contributed by atoms with E-state index in [4.69, 9.17) is 4.74 Å². The molecule has 0 heterocycles. The maximum Gasteiger partial charge on any atom is 0.292 e. The highest BCUT2D eigenvalue weighted by atomic mass is 16.6. The van der Waals surface area contributed by atoms with Crippen LogP contribution in [0.4, 0.5) is 11.4 Å². The minimum Gasteiger partial charge on any atom is -0.497 e. The van der Waals surface area contributed by atoms with Gasteiger partial charge in [-0.25, -0.2) is 0 Å². The molecule has 0 atom stereocenters. The third kappa shape index (κ3) is 3.59. The summed E-state index contributed by atoms with van der Waals surface area (Å²) in [5.74, 6) is 0.618. The Morgan fingerprint density at radius 3 is 2.44 bits per heavy atom. The molecule has 1 aromatic carbocycles. The van der Waals surface area contributed by atoms with Gasteiger partial charge in [0.1, 0.15) is 11.4 Å². The van der Waals surface area contributed by atoms with Crippen LogP contribution in [-0.4, -0.2) is 51.2 Å². The number of ether oxygens (including phenoxy) is 1. The number of anilines is 1. The van der Waals surface area contributed by atoms with E-state index in [-0.39, 0.29) is 10.6 Å². The van der Waals surface area contributed by atoms with Gasteiger partial charge in [-0.1, -0.05) is 0 Å². The van der Waals surface area contributed by atoms with Crippen molar-refractivity contribution < 1.29 is 9.66 Å². The summed E-state index contributed by atoms with van der Waals surface area (Å²) in [6.45, 7) is 1.53. The summed E-state index contributed by atoms with van der Waals surface area (Å²) in [6, 6.07) is 4.76. The molecule has 6 nitrogen and oxygen atoms in total. The minimum atomic E-state index is -0.374. The van der Waals surface area contributed by atoms with E-state index in [1.807, 2.05) is 30.9 Å². The van der Waals surface area contributed by atoms with E-state index >= 15 is 0 Å². The van der Waals surface area contributed by atoms with Crippen molar-refractivity contribution in [3.63, 3.8) is 0 Å². The zero-order chi connectivity index (χ0) is 13.7. The molecule has 0 aliphatic heterocycles. The Morgan fingerprint density at radius 1 is 1.28 bits per heavy atom. The first kappa shape index (κ1) is 14.2. The first-order valence-corrected chi connectivity index (χ1v) is 5.64. The Labute approximate surface area is 107 Å². The number of nitro benzene ring substituents is 1. The number of nitrogens with zero attached hydrogens (tertiary/aromatic N) is 3. The zero-order valence-corrected chi connectivity index (χ0v) is 11.2. The lowest BCUT2D eigenvalue weighted by atomic mass is 10.2. The Kier molecular flexibility index (Phi) is 4.91. The third-order valence-corrected chi connectivity index (χ3v) is 2.67. The molecular weight excluding hydrogens is 234 g/mol. The van der Waals surface area contributed by atoms with Gasteiger partial charge < -0.3 is 14.5 Å². The van der Waals surface area contributed by atoms with Gasteiger partial charge in [0.25, 0.3) is 5.69 Å². The van der Waals surface area contributed by atoms with E-state index in [0.717, 1.165) is 6.54 Å². The Balaban J connectivity index is 2.99. The topological polar surface area (TPSA) is 58.9 Å². The normalized spacial score (nSPS) is 10.5. The van der Waals surface area contributed by atoms with E-state index in [9.17, 15) is 10.1 Å².